The molecule has 0 spiro atoms. The minimum Gasteiger partial charge on any atom is -0.296 e. The third-order valence-electron chi connectivity index (χ3n) is 4.27. The van der Waals surface area contributed by atoms with E-state index in [-0.39, 0.29) is 4.90 Å². The second kappa shape index (κ2) is 7.31. The molecular weight excluding hydrogens is 341 g/mol. The SMILES string of the molecule is N#Cc1ccc(CN2CCN(S(=O)(=O)c3ccc(F)cc3)CC2)cc1. The van der Waals surface area contributed by atoms with Gasteiger partial charge in [0.2, 0.25) is 10.0 Å². The molecule has 5 nitrogen and oxygen atoms in total. The van der Waals surface area contributed by atoms with Crippen LogP contribution < -0.4 is 0 Å². The fraction of sp³-hybridized carbons (Fsp3) is 0.278. The van der Waals surface area contributed by atoms with Crippen molar-refractivity contribution in [2.24, 2.45) is 0 Å². The highest BCUT2D eigenvalue weighted by Gasteiger charge is 2.28. The number of hydrogen-bond donors (Lipinski definition) is 0. The molecule has 1 aliphatic rings. The standard InChI is InChI=1S/C18H18FN3O2S/c19-17-5-7-18(8-6-17)25(23,24)22-11-9-21(10-12-22)14-16-3-1-15(13-20)2-4-16/h1-8H,9-12,14H2. The lowest BCUT2D eigenvalue weighted by atomic mass is 10.1. The second-order valence-corrected chi connectivity index (χ2v) is 7.88. The number of hydrogen-bond acceptors (Lipinski definition) is 4. The first kappa shape index (κ1) is 17.5. The summed E-state index contributed by atoms with van der Waals surface area (Å²) in [6.45, 7) is 2.77. The van der Waals surface area contributed by atoms with Crippen LogP contribution in [0.25, 0.3) is 0 Å². The highest BCUT2D eigenvalue weighted by molar-refractivity contribution is 7.89. The highest BCUT2D eigenvalue weighted by Crippen LogP contribution is 2.19. The Morgan fingerprint density at radius 3 is 2.12 bits per heavy atom. The van der Waals surface area contributed by atoms with Crippen LogP contribution in [0, 0.1) is 17.1 Å². The summed E-state index contributed by atoms with van der Waals surface area (Å²) in [4.78, 5) is 2.30. The maximum Gasteiger partial charge on any atom is 0.243 e. The van der Waals surface area contributed by atoms with Gasteiger partial charge in [0.05, 0.1) is 16.5 Å². The lowest BCUT2D eigenvalue weighted by molar-refractivity contribution is 0.181. The summed E-state index contributed by atoms with van der Waals surface area (Å²) in [6.07, 6.45) is 0. The van der Waals surface area contributed by atoms with E-state index in [1.807, 2.05) is 12.1 Å². The van der Waals surface area contributed by atoms with E-state index in [1.165, 1.54) is 16.4 Å². The van der Waals surface area contributed by atoms with Crippen molar-refractivity contribution in [2.45, 2.75) is 11.4 Å². The first-order chi connectivity index (χ1) is 12.0. The molecule has 2 aromatic carbocycles. The number of sulfonamides is 1. The molecule has 0 N–H and O–H groups in total. The van der Waals surface area contributed by atoms with Crippen LogP contribution in [-0.4, -0.2) is 43.8 Å². The summed E-state index contributed by atoms with van der Waals surface area (Å²) < 4.78 is 39.6. The van der Waals surface area contributed by atoms with Crippen LogP contribution in [0.15, 0.2) is 53.4 Å². The van der Waals surface area contributed by atoms with E-state index in [1.54, 1.807) is 12.1 Å². The van der Waals surface area contributed by atoms with Crippen molar-refractivity contribution >= 4 is 10.0 Å². The van der Waals surface area contributed by atoms with Gasteiger partial charge < -0.3 is 0 Å². The van der Waals surface area contributed by atoms with Crippen LogP contribution in [0.2, 0.25) is 0 Å². The van der Waals surface area contributed by atoms with Crippen molar-refractivity contribution in [1.29, 1.82) is 5.26 Å². The molecule has 1 fully saturated rings. The maximum atomic E-state index is 13.0. The van der Waals surface area contributed by atoms with Gasteiger partial charge in [0, 0.05) is 32.7 Å². The Hall–Kier alpha value is -2.27. The summed E-state index contributed by atoms with van der Waals surface area (Å²) in [7, 11) is -3.58. The normalized spacial score (nSPS) is 16.5. The lowest BCUT2D eigenvalue weighted by Gasteiger charge is -2.34. The second-order valence-electron chi connectivity index (χ2n) is 5.94. The molecule has 25 heavy (non-hydrogen) atoms. The third kappa shape index (κ3) is 4.04. The first-order valence-corrected chi connectivity index (χ1v) is 9.40. The number of rotatable bonds is 4. The van der Waals surface area contributed by atoms with E-state index in [9.17, 15) is 12.8 Å². The Bertz CT molecular complexity index is 866. The van der Waals surface area contributed by atoms with Crippen molar-refractivity contribution < 1.29 is 12.8 Å². The number of benzene rings is 2. The number of nitrogens with zero attached hydrogens (tertiary/aromatic N) is 3. The lowest BCUT2D eigenvalue weighted by Crippen LogP contribution is -2.48. The molecule has 0 aromatic heterocycles. The zero-order valence-electron chi connectivity index (χ0n) is 13.6. The van der Waals surface area contributed by atoms with Gasteiger partial charge in [-0.2, -0.15) is 9.57 Å². The molecule has 1 heterocycles. The van der Waals surface area contributed by atoms with Crippen molar-refractivity contribution in [2.75, 3.05) is 26.2 Å². The first-order valence-electron chi connectivity index (χ1n) is 7.96. The molecule has 0 amide bonds. The van der Waals surface area contributed by atoms with E-state index in [2.05, 4.69) is 11.0 Å². The van der Waals surface area contributed by atoms with Crippen LogP contribution >= 0.6 is 0 Å². The molecule has 0 atom stereocenters. The Balaban J connectivity index is 1.61. The Labute approximate surface area is 147 Å². The van der Waals surface area contributed by atoms with E-state index >= 15 is 0 Å². The molecule has 1 saturated heterocycles. The van der Waals surface area contributed by atoms with Crippen molar-refractivity contribution in [3.63, 3.8) is 0 Å². The van der Waals surface area contributed by atoms with Gasteiger partial charge in [-0.3, -0.25) is 4.90 Å². The average molecular weight is 359 g/mol. The summed E-state index contributed by atoms with van der Waals surface area (Å²) in [5.74, 6) is -0.453. The van der Waals surface area contributed by atoms with Gasteiger partial charge in [0.25, 0.3) is 0 Å². The minimum absolute atomic E-state index is 0.120. The topological polar surface area (TPSA) is 64.4 Å². The third-order valence-corrected chi connectivity index (χ3v) is 6.18. The molecule has 2 aromatic rings. The fourth-order valence-corrected chi connectivity index (χ4v) is 4.25. The summed E-state index contributed by atoms with van der Waals surface area (Å²) in [5, 5.41) is 8.82. The highest BCUT2D eigenvalue weighted by atomic mass is 32.2. The van der Waals surface area contributed by atoms with Crippen LogP contribution in [0.1, 0.15) is 11.1 Å². The average Bonchev–Trinajstić information content (AvgIpc) is 2.63. The molecule has 0 unspecified atom stereocenters. The molecule has 0 radical (unpaired) electrons. The van der Waals surface area contributed by atoms with Gasteiger partial charge in [-0.25, -0.2) is 12.8 Å². The zero-order chi connectivity index (χ0) is 17.9. The Morgan fingerprint density at radius 1 is 0.960 bits per heavy atom. The molecular formula is C18H18FN3O2S. The summed E-state index contributed by atoms with van der Waals surface area (Å²) in [5.41, 5.74) is 1.72. The van der Waals surface area contributed by atoms with Gasteiger partial charge in [0.15, 0.2) is 0 Å². The predicted octanol–water partition coefficient (Wildman–Crippen LogP) is 2.20. The minimum atomic E-state index is -3.58. The quantitative estimate of drug-likeness (QED) is 0.840. The molecule has 0 aliphatic carbocycles. The van der Waals surface area contributed by atoms with Crippen molar-refractivity contribution in [3.05, 3.63) is 65.5 Å². The van der Waals surface area contributed by atoms with Crippen LogP contribution in [0.3, 0.4) is 0 Å². The van der Waals surface area contributed by atoms with E-state index in [0.29, 0.717) is 31.7 Å². The Kier molecular flexibility index (Phi) is 5.13. The van der Waals surface area contributed by atoms with E-state index in [0.717, 1.165) is 24.2 Å². The van der Waals surface area contributed by atoms with Crippen LogP contribution in [-0.2, 0) is 16.6 Å². The van der Waals surface area contributed by atoms with Gasteiger partial charge in [-0.05, 0) is 42.0 Å². The fourth-order valence-electron chi connectivity index (χ4n) is 2.83. The van der Waals surface area contributed by atoms with Gasteiger partial charge in [0.1, 0.15) is 5.82 Å². The van der Waals surface area contributed by atoms with Crippen molar-refractivity contribution in [1.82, 2.24) is 9.21 Å². The largest absolute Gasteiger partial charge is 0.296 e. The molecule has 0 saturated carbocycles. The zero-order valence-corrected chi connectivity index (χ0v) is 14.4. The number of piperazine rings is 1. The molecule has 130 valence electrons. The molecule has 7 heteroatoms. The molecule has 1 aliphatic heterocycles. The summed E-state index contributed by atoms with van der Waals surface area (Å²) >= 11 is 0. The Morgan fingerprint density at radius 2 is 1.56 bits per heavy atom. The van der Waals surface area contributed by atoms with Crippen LogP contribution in [0.4, 0.5) is 4.39 Å². The van der Waals surface area contributed by atoms with Gasteiger partial charge in [-0.15, -0.1) is 0 Å². The molecule has 3 rings (SSSR count). The van der Waals surface area contributed by atoms with E-state index in [4.69, 9.17) is 5.26 Å². The summed E-state index contributed by atoms with van der Waals surface area (Å²) in [6, 6.07) is 14.4. The van der Waals surface area contributed by atoms with Gasteiger partial charge >= 0.3 is 0 Å². The number of nitriles is 1. The predicted molar refractivity (Wildman–Crippen MR) is 91.6 cm³/mol. The smallest absolute Gasteiger partial charge is 0.243 e. The molecule has 0 bridgehead atoms. The van der Waals surface area contributed by atoms with E-state index < -0.39 is 15.8 Å². The van der Waals surface area contributed by atoms with Crippen molar-refractivity contribution in [3.8, 4) is 6.07 Å². The number of halogens is 1. The monoisotopic (exact) mass is 359 g/mol. The van der Waals surface area contributed by atoms with Gasteiger partial charge in [-0.1, -0.05) is 12.1 Å². The maximum absolute atomic E-state index is 13.0. The van der Waals surface area contributed by atoms with Crippen LogP contribution in [0.5, 0.6) is 0 Å².